The van der Waals surface area contributed by atoms with Gasteiger partial charge in [0.1, 0.15) is 5.69 Å². The first kappa shape index (κ1) is 19.6. The molecule has 0 unspecified atom stereocenters. The average molecular weight is 394 g/mol. The number of halogens is 1. The van der Waals surface area contributed by atoms with Crippen LogP contribution in [0.4, 0.5) is 11.4 Å². The van der Waals surface area contributed by atoms with Crippen LogP contribution in [0.2, 0.25) is 5.02 Å². The van der Waals surface area contributed by atoms with Crippen LogP contribution < -0.4 is 10.6 Å². The first-order valence-corrected chi connectivity index (χ1v) is 9.14. The van der Waals surface area contributed by atoms with E-state index >= 15 is 0 Å². The van der Waals surface area contributed by atoms with Gasteiger partial charge in [0, 0.05) is 28.2 Å². The first-order valence-electron chi connectivity index (χ1n) is 8.76. The van der Waals surface area contributed by atoms with Gasteiger partial charge >= 0.3 is 0 Å². The van der Waals surface area contributed by atoms with Gasteiger partial charge in [-0.2, -0.15) is 0 Å². The molecule has 0 radical (unpaired) electrons. The van der Waals surface area contributed by atoms with Gasteiger partial charge < -0.3 is 10.6 Å². The third-order valence-electron chi connectivity index (χ3n) is 4.42. The number of para-hydroxylation sites is 1. The fraction of sp³-hybridized carbons (Fsp3) is 0.136. The zero-order valence-corrected chi connectivity index (χ0v) is 16.6. The Morgan fingerprint density at radius 3 is 2.29 bits per heavy atom. The van der Waals surface area contributed by atoms with Crippen LogP contribution >= 0.6 is 11.6 Å². The van der Waals surface area contributed by atoms with E-state index in [1.165, 1.54) is 12.3 Å². The lowest BCUT2D eigenvalue weighted by Crippen LogP contribution is -2.18. The molecule has 3 aromatic rings. The minimum Gasteiger partial charge on any atom is -0.322 e. The number of nitrogens with one attached hydrogen (secondary N) is 2. The maximum Gasteiger partial charge on any atom is 0.274 e. The lowest BCUT2D eigenvalue weighted by atomic mass is 10.1. The molecule has 2 N–H and O–H groups in total. The van der Waals surface area contributed by atoms with Crippen molar-refractivity contribution in [3.63, 3.8) is 0 Å². The van der Waals surface area contributed by atoms with Crippen molar-refractivity contribution in [2.75, 3.05) is 10.6 Å². The van der Waals surface area contributed by atoms with Crippen LogP contribution in [0.15, 0.2) is 54.7 Å². The van der Waals surface area contributed by atoms with Gasteiger partial charge in [-0.15, -0.1) is 0 Å². The number of pyridine rings is 1. The Kier molecular flexibility index (Phi) is 5.76. The molecule has 2 amide bonds. The predicted octanol–water partition coefficient (Wildman–Crippen LogP) is 5.16. The quantitative estimate of drug-likeness (QED) is 0.642. The van der Waals surface area contributed by atoms with E-state index < -0.39 is 5.91 Å². The van der Waals surface area contributed by atoms with Crippen LogP contribution in [0.25, 0.3) is 0 Å². The molecule has 0 saturated heterocycles. The van der Waals surface area contributed by atoms with Gasteiger partial charge in [0.2, 0.25) is 0 Å². The molecule has 1 heterocycles. The first-order chi connectivity index (χ1) is 13.3. The standard InChI is InChI=1S/C22H20ClN3O2/c1-13-7-8-17(23)12-18(13)25-22(28)19-11-16(9-10-24-19)21(27)26-20-14(2)5-4-6-15(20)3/h4-12H,1-3H3,(H,25,28)(H,26,27). The molecule has 0 aliphatic heterocycles. The summed E-state index contributed by atoms with van der Waals surface area (Å²) in [7, 11) is 0. The minimum absolute atomic E-state index is 0.147. The smallest absolute Gasteiger partial charge is 0.274 e. The monoisotopic (exact) mass is 393 g/mol. The number of carbonyl (C=O) groups excluding carboxylic acids is 2. The molecule has 6 heteroatoms. The van der Waals surface area contributed by atoms with Gasteiger partial charge in [-0.3, -0.25) is 14.6 Å². The highest BCUT2D eigenvalue weighted by Crippen LogP contribution is 2.22. The lowest BCUT2D eigenvalue weighted by molar-refractivity contribution is 0.102. The summed E-state index contributed by atoms with van der Waals surface area (Å²) in [5.41, 5.74) is 4.68. The molecule has 2 aromatic carbocycles. The van der Waals surface area contributed by atoms with Crippen LogP contribution in [0, 0.1) is 20.8 Å². The molecular weight excluding hydrogens is 374 g/mol. The van der Waals surface area contributed by atoms with Crippen molar-refractivity contribution in [2.45, 2.75) is 20.8 Å². The highest BCUT2D eigenvalue weighted by atomic mass is 35.5. The maximum absolute atomic E-state index is 12.7. The van der Waals surface area contributed by atoms with Crippen molar-refractivity contribution in [1.82, 2.24) is 4.98 Å². The SMILES string of the molecule is Cc1ccc(Cl)cc1NC(=O)c1cc(C(=O)Nc2c(C)cccc2C)ccn1. The number of carbonyl (C=O) groups is 2. The zero-order valence-electron chi connectivity index (χ0n) is 15.8. The largest absolute Gasteiger partial charge is 0.322 e. The van der Waals surface area contributed by atoms with Crippen LogP contribution in [0.3, 0.4) is 0 Å². The summed E-state index contributed by atoms with van der Waals surface area (Å²) < 4.78 is 0. The lowest BCUT2D eigenvalue weighted by Gasteiger charge is -2.12. The topological polar surface area (TPSA) is 71.1 Å². The Bertz CT molecular complexity index is 1040. The molecule has 0 spiro atoms. The van der Waals surface area contributed by atoms with Crippen LogP contribution in [0.5, 0.6) is 0 Å². The molecular formula is C22H20ClN3O2. The van der Waals surface area contributed by atoms with E-state index in [1.54, 1.807) is 18.2 Å². The number of nitrogens with zero attached hydrogens (tertiary/aromatic N) is 1. The minimum atomic E-state index is -0.410. The molecule has 0 aliphatic rings. The summed E-state index contributed by atoms with van der Waals surface area (Å²) in [6, 6.07) is 14.1. The van der Waals surface area contributed by atoms with E-state index in [1.807, 2.05) is 45.0 Å². The summed E-state index contributed by atoms with van der Waals surface area (Å²) >= 11 is 6.00. The van der Waals surface area contributed by atoms with E-state index in [2.05, 4.69) is 15.6 Å². The van der Waals surface area contributed by atoms with Gasteiger partial charge in [0.15, 0.2) is 0 Å². The van der Waals surface area contributed by atoms with Gasteiger partial charge in [-0.05, 0) is 61.7 Å². The Morgan fingerprint density at radius 1 is 0.857 bits per heavy atom. The van der Waals surface area contributed by atoms with Crippen molar-refractivity contribution in [2.24, 2.45) is 0 Å². The maximum atomic E-state index is 12.7. The molecule has 1 aromatic heterocycles. The number of hydrogen-bond donors (Lipinski definition) is 2. The van der Waals surface area contributed by atoms with E-state index in [-0.39, 0.29) is 11.6 Å². The van der Waals surface area contributed by atoms with Crippen LogP contribution in [0.1, 0.15) is 37.5 Å². The molecule has 0 aliphatic carbocycles. The molecule has 0 bridgehead atoms. The van der Waals surface area contributed by atoms with Gasteiger partial charge in [0.25, 0.3) is 11.8 Å². The Balaban J connectivity index is 1.80. The number of benzene rings is 2. The third-order valence-corrected chi connectivity index (χ3v) is 4.66. The highest BCUT2D eigenvalue weighted by Gasteiger charge is 2.14. The number of amides is 2. The fourth-order valence-electron chi connectivity index (χ4n) is 2.81. The number of anilines is 2. The summed E-state index contributed by atoms with van der Waals surface area (Å²) in [4.78, 5) is 29.3. The number of hydrogen-bond acceptors (Lipinski definition) is 3. The average Bonchev–Trinajstić information content (AvgIpc) is 2.67. The molecule has 142 valence electrons. The summed E-state index contributed by atoms with van der Waals surface area (Å²) in [5.74, 6) is -0.708. The van der Waals surface area contributed by atoms with E-state index in [0.29, 0.717) is 16.3 Å². The number of rotatable bonds is 4. The molecule has 0 saturated carbocycles. The number of aryl methyl sites for hydroxylation is 3. The molecule has 0 atom stereocenters. The molecule has 3 rings (SSSR count). The fourth-order valence-corrected chi connectivity index (χ4v) is 2.98. The molecule has 0 fully saturated rings. The summed E-state index contributed by atoms with van der Waals surface area (Å²) in [5, 5.41) is 6.22. The second kappa shape index (κ2) is 8.23. The van der Waals surface area contributed by atoms with E-state index in [4.69, 9.17) is 11.6 Å². The van der Waals surface area contributed by atoms with E-state index in [0.717, 1.165) is 22.4 Å². The molecule has 28 heavy (non-hydrogen) atoms. The van der Waals surface area contributed by atoms with Gasteiger partial charge in [-0.25, -0.2) is 0 Å². The summed E-state index contributed by atoms with van der Waals surface area (Å²) in [6.07, 6.45) is 1.44. The highest BCUT2D eigenvalue weighted by molar-refractivity contribution is 6.31. The predicted molar refractivity (Wildman–Crippen MR) is 112 cm³/mol. The van der Waals surface area contributed by atoms with Crippen molar-refractivity contribution < 1.29 is 9.59 Å². The second-order valence-electron chi connectivity index (χ2n) is 6.56. The third kappa shape index (κ3) is 4.38. The van der Waals surface area contributed by atoms with Gasteiger partial charge in [-0.1, -0.05) is 35.9 Å². The Morgan fingerprint density at radius 2 is 1.57 bits per heavy atom. The van der Waals surface area contributed by atoms with Crippen molar-refractivity contribution in [3.8, 4) is 0 Å². The van der Waals surface area contributed by atoms with Crippen LogP contribution in [-0.2, 0) is 0 Å². The second-order valence-corrected chi connectivity index (χ2v) is 7.00. The normalized spacial score (nSPS) is 10.4. The van der Waals surface area contributed by atoms with Gasteiger partial charge in [0.05, 0.1) is 0 Å². The Hall–Kier alpha value is -3.18. The van der Waals surface area contributed by atoms with Crippen LogP contribution in [-0.4, -0.2) is 16.8 Å². The summed E-state index contributed by atoms with van der Waals surface area (Å²) in [6.45, 7) is 5.73. The Labute approximate surface area is 168 Å². The van der Waals surface area contributed by atoms with E-state index in [9.17, 15) is 9.59 Å². The van der Waals surface area contributed by atoms with Crippen molar-refractivity contribution in [1.29, 1.82) is 0 Å². The van der Waals surface area contributed by atoms with Crippen molar-refractivity contribution >= 4 is 34.8 Å². The molecule has 5 nitrogen and oxygen atoms in total. The van der Waals surface area contributed by atoms with Crippen molar-refractivity contribution in [3.05, 3.63) is 87.7 Å². The zero-order chi connectivity index (χ0) is 20.3. The number of aromatic nitrogens is 1.